The molecular weight excluding hydrogens is 267 g/mol. The lowest BCUT2D eigenvalue weighted by molar-refractivity contribution is -0.117. The van der Waals surface area contributed by atoms with Gasteiger partial charge in [0.2, 0.25) is 5.91 Å². The number of hydrogen-bond donors (Lipinski definition) is 1. The lowest BCUT2D eigenvalue weighted by atomic mass is 9.99. The van der Waals surface area contributed by atoms with Crippen molar-refractivity contribution in [1.82, 2.24) is 4.90 Å². The zero-order valence-electron chi connectivity index (χ0n) is 11.0. The minimum Gasteiger partial charge on any atom is -0.322 e. The van der Waals surface area contributed by atoms with E-state index < -0.39 is 5.82 Å². The third-order valence-electron chi connectivity index (χ3n) is 3.45. The van der Waals surface area contributed by atoms with Crippen molar-refractivity contribution in [3.63, 3.8) is 0 Å². The van der Waals surface area contributed by atoms with Crippen LogP contribution in [0.15, 0.2) is 18.2 Å². The topological polar surface area (TPSA) is 32.3 Å². The normalized spacial score (nSPS) is 17.4. The van der Waals surface area contributed by atoms with Gasteiger partial charge in [0, 0.05) is 5.02 Å². The SMILES string of the molecule is CC1CCN(CC(=O)Nc2cc(Cl)ccc2F)CC1. The van der Waals surface area contributed by atoms with Gasteiger partial charge in [0.05, 0.1) is 12.2 Å². The fourth-order valence-electron chi connectivity index (χ4n) is 2.21. The average Bonchev–Trinajstić information content (AvgIpc) is 2.37. The Bertz CT molecular complexity index is 459. The quantitative estimate of drug-likeness (QED) is 0.925. The molecule has 1 aliphatic heterocycles. The highest BCUT2D eigenvalue weighted by molar-refractivity contribution is 6.30. The molecule has 2 rings (SSSR count). The Labute approximate surface area is 117 Å². The first-order valence-electron chi connectivity index (χ1n) is 6.52. The van der Waals surface area contributed by atoms with Crippen LogP contribution in [-0.2, 0) is 4.79 Å². The highest BCUT2D eigenvalue weighted by atomic mass is 35.5. The van der Waals surface area contributed by atoms with Crippen molar-refractivity contribution < 1.29 is 9.18 Å². The Morgan fingerprint density at radius 1 is 1.47 bits per heavy atom. The van der Waals surface area contributed by atoms with Gasteiger partial charge in [-0.05, 0) is 50.0 Å². The lowest BCUT2D eigenvalue weighted by Crippen LogP contribution is -2.38. The third kappa shape index (κ3) is 4.18. The molecule has 1 amide bonds. The smallest absolute Gasteiger partial charge is 0.238 e. The molecule has 1 aromatic rings. The fourth-order valence-corrected chi connectivity index (χ4v) is 2.38. The summed E-state index contributed by atoms with van der Waals surface area (Å²) in [6, 6.07) is 4.13. The first-order chi connectivity index (χ1) is 9.04. The van der Waals surface area contributed by atoms with Gasteiger partial charge in [-0.15, -0.1) is 0 Å². The Balaban J connectivity index is 1.89. The van der Waals surface area contributed by atoms with Crippen molar-refractivity contribution in [2.45, 2.75) is 19.8 Å². The average molecular weight is 285 g/mol. The van der Waals surface area contributed by atoms with Gasteiger partial charge in [0.25, 0.3) is 0 Å². The highest BCUT2D eigenvalue weighted by Crippen LogP contribution is 2.20. The van der Waals surface area contributed by atoms with Crippen LogP contribution >= 0.6 is 11.6 Å². The zero-order chi connectivity index (χ0) is 13.8. The van der Waals surface area contributed by atoms with Gasteiger partial charge in [0.15, 0.2) is 0 Å². The molecule has 1 saturated heterocycles. The molecule has 1 N–H and O–H groups in total. The highest BCUT2D eigenvalue weighted by Gasteiger charge is 2.18. The van der Waals surface area contributed by atoms with E-state index in [0.29, 0.717) is 11.6 Å². The van der Waals surface area contributed by atoms with Crippen molar-refractivity contribution in [3.05, 3.63) is 29.0 Å². The number of benzene rings is 1. The summed E-state index contributed by atoms with van der Waals surface area (Å²) in [7, 11) is 0. The predicted octanol–water partition coefficient (Wildman–Crippen LogP) is 3.15. The predicted molar refractivity (Wildman–Crippen MR) is 74.9 cm³/mol. The van der Waals surface area contributed by atoms with Crippen LogP contribution < -0.4 is 5.32 Å². The van der Waals surface area contributed by atoms with E-state index in [2.05, 4.69) is 17.1 Å². The monoisotopic (exact) mass is 284 g/mol. The molecule has 0 atom stereocenters. The molecule has 1 aliphatic rings. The summed E-state index contributed by atoms with van der Waals surface area (Å²) in [4.78, 5) is 14.0. The number of anilines is 1. The molecule has 1 aromatic carbocycles. The number of nitrogens with zero attached hydrogens (tertiary/aromatic N) is 1. The molecule has 0 aliphatic carbocycles. The number of likely N-dealkylation sites (tertiary alicyclic amines) is 1. The second kappa shape index (κ2) is 6.35. The van der Waals surface area contributed by atoms with Gasteiger partial charge in [-0.25, -0.2) is 4.39 Å². The number of halogens is 2. The Morgan fingerprint density at radius 3 is 2.84 bits per heavy atom. The molecule has 0 bridgehead atoms. The van der Waals surface area contributed by atoms with Crippen LogP contribution in [0, 0.1) is 11.7 Å². The molecule has 0 saturated carbocycles. The van der Waals surface area contributed by atoms with Gasteiger partial charge in [0.1, 0.15) is 5.82 Å². The Hall–Kier alpha value is -1.13. The summed E-state index contributed by atoms with van der Waals surface area (Å²) in [5.74, 6) is 0.0606. The number of amides is 1. The summed E-state index contributed by atoms with van der Waals surface area (Å²) in [6.45, 7) is 4.37. The number of hydrogen-bond acceptors (Lipinski definition) is 2. The summed E-state index contributed by atoms with van der Waals surface area (Å²) in [5.41, 5.74) is 0.142. The minimum absolute atomic E-state index is 0.142. The largest absolute Gasteiger partial charge is 0.322 e. The molecule has 1 fully saturated rings. The van der Waals surface area contributed by atoms with Crippen molar-refractivity contribution in [2.75, 3.05) is 25.0 Å². The number of nitrogens with one attached hydrogen (secondary N) is 1. The molecule has 5 heteroatoms. The maximum Gasteiger partial charge on any atom is 0.238 e. The summed E-state index contributed by atoms with van der Waals surface area (Å²) in [5, 5.41) is 2.98. The van der Waals surface area contributed by atoms with Gasteiger partial charge in [-0.3, -0.25) is 9.69 Å². The molecule has 0 spiro atoms. The van der Waals surface area contributed by atoms with E-state index in [0.717, 1.165) is 31.8 Å². The number of rotatable bonds is 3. The van der Waals surface area contributed by atoms with Crippen molar-refractivity contribution in [3.8, 4) is 0 Å². The molecular formula is C14H18ClFN2O. The van der Waals surface area contributed by atoms with E-state index in [1.54, 1.807) is 0 Å². The van der Waals surface area contributed by atoms with Crippen LogP contribution in [0.5, 0.6) is 0 Å². The van der Waals surface area contributed by atoms with E-state index in [1.165, 1.54) is 18.2 Å². The maximum atomic E-state index is 13.5. The Morgan fingerprint density at radius 2 is 2.16 bits per heavy atom. The number of piperidine rings is 1. The Kier molecular flexibility index (Phi) is 4.77. The first kappa shape index (κ1) is 14.3. The molecule has 0 radical (unpaired) electrons. The third-order valence-corrected chi connectivity index (χ3v) is 3.68. The van der Waals surface area contributed by atoms with E-state index in [9.17, 15) is 9.18 Å². The van der Waals surface area contributed by atoms with Gasteiger partial charge < -0.3 is 5.32 Å². The zero-order valence-corrected chi connectivity index (χ0v) is 11.7. The molecule has 19 heavy (non-hydrogen) atoms. The molecule has 1 heterocycles. The molecule has 0 unspecified atom stereocenters. The van der Waals surface area contributed by atoms with E-state index in [1.807, 2.05) is 0 Å². The number of carbonyl (C=O) groups excluding carboxylic acids is 1. The summed E-state index contributed by atoms with van der Waals surface area (Å²) >= 11 is 5.78. The lowest BCUT2D eigenvalue weighted by Gasteiger charge is -2.29. The van der Waals surface area contributed by atoms with E-state index >= 15 is 0 Å². The van der Waals surface area contributed by atoms with Crippen molar-refractivity contribution in [1.29, 1.82) is 0 Å². The standard InChI is InChI=1S/C14H18ClFN2O/c1-10-4-6-18(7-5-10)9-14(19)17-13-8-11(15)2-3-12(13)16/h2-3,8,10H,4-7,9H2,1H3,(H,17,19). The van der Waals surface area contributed by atoms with Gasteiger partial charge in [-0.2, -0.15) is 0 Å². The van der Waals surface area contributed by atoms with Gasteiger partial charge in [-0.1, -0.05) is 18.5 Å². The van der Waals surface area contributed by atoms with Crippen LogP contribution in [0.4, 0.5) is 10.1 Å². The van der Waals surface area contributed by atoms with Crippen molar-refractivity contribution in [2.24, 2.45) is 5.92 Å². The van der Waals surface area contributed by atoms with E-state index in [4.69, 9.17) is 11.6 Å². The maximum absolute atomic E-state index is 13.5. The molecule has 3 nitrogen and oxygen atoms in total. The summed E-state index contributed by atoms with van der Waals surface area (Å²) in [6.07, 6.45) is 2.22. The molecule has 104 valence electrons. The second-order valence-corrected chi connectivity index (χ2v) is 5.57. The first-order valence-corrected chi connectivity index (χ1v) is 6.89. The van der Waals surface area contributed by atoms with Crippen LogP contribution in [0.3, 0.4) is 0 Å². The van der Waals surface area contributed by atoms with Gasteiger partial charge >= 0.3 is 0 Å². The second-order valence-electron chi connectivity index (χ2n) is 5.13. The molecule has 0 aromatic heterocycles. The van der Waals surface area contributed by atoms with Crippen LogP contribution in [0.25, 0.3) is 0 Å². The van der Waals surface area contributed by atoms with Crippen LogP contribution in [-0.4, -0.2) is 30.4 Å². The van der Waals surface area contributed by atoms with E-state index in [-0.39, 0.29) is 11.6 Å². The van der Waals surface area contributed by atoms with Crippen LogP contribution in [0.1, 0.15) is 19.8 Å². The summed E-state index contributed by atoms with van der Waals surface area (Å²) < 4.78 is 13.5. The fraction of sp³-hybridized carbons (Fsp3) is 0.500. The van der Waals surface area contributed by atoms with Crippen molar-refractivity contribution >= 4 is 23.2 Å². The number of carbonyl (C=O) groups is 1. The van der Waals surface area contributed by atoms with Crippen LogP contribution in [0.2, 0.25) is 5.02 Å². The minimum atomic E-state index is -0.468.